The molecule has 194 valence electrons. The SMILES string of the molecule is Cc1cc(C)c2nc(N3C(=O)C(O)=C(C(=O)c4ccco4)C3c3ccc(OCc4ccccc4)cc3)sc2c1. The van der Waals surface area contributed by atoms with Crippen LogP contribution >= 0.6 is 11.3 Å². The lowest BCUT2D eigenvalue weighted by atomic mass is 9.95. The first kappa shape index (κ1) is 24.6. The number of hydrogen-bond donors (Lipinski definition) is 1. The number of anilines is 1. The molecule has 1 N–H and O–H groups in total. The van der Waals surface area contributed by atoms with Crippen LogP contribution < -0.4 is 9.64 Å². The molecule has 7 nitrogen and oxygen atoms in total. The zero-order valence-electron chi connectivity index (χ0n) is 21.3. The highest BCUT2D eigenvalue weighted by atomic mass is 32.1. The lowest BCUT2D eigenvalue weighted by Gasteiger charge is -2.24. The number of carbonyl (C=O) groups is 2. The van der Waals surface area contributed by atoms with Crippen LogP contribution in [0.25, 0.3) is 10.2 Å². The van der Waals surface area contributed by atoms with Gasteiger partial charge >= 0.3 is 0 Å². The molecule has 8 heteroatoms. The highest BCUT2D eigenvalue weighted by Crippen LogP contribution is 2.45. The van der Waals surface area contributed by atoms with E-state index in [9.17, 15) is 14.7 Å². The molecule has 3 heterocycles. The summed E-state index contributed by atoms with van der Waals surface area (Å²) in [6.45, 7) is 4.38. The normalized spacial score (nSPS) is 15.4. The van der Waals surface area contributed by atoms with Crippen LogP contribution in [0.4, 0.5) is 5.13 Å². The number of fused-ring (bicyclic) bond motifs is 1. The maximum absolute atomic E-state index is 13.5. The quantitative estimate of drug-likeness (QED) is 0.228. The summed E-state index contributed by atoms with van der Waals surface area (Å²) in [4.78, 5) is 33.1. The third kappa shape index (κ3) is 4.49. The number of amides is 1. The minimum absolute atomic E-state index is 0.0368. The second-order valence-electron chi connectivity index (χ2n) is 9.41. The van der Waals surface area contributed by atoms with E-state index >= 15 is 0 Å². The molecule has 3 aromatic carbocycles. The molecule has 5 aromatic rings. The smallest absolute Gasteiger partial charge is 0.296 e. The summed E-state index contributed by atoms with van der Waals surface area (Å²) < 4.78 is 12.2. The molecule has 0 aliphatic carbocycles. The number of ether oxygens (including phenoxy) is 1. The van der Waals surface area contributed by atoms with E-state index in [1.807, 2.05) is 56.3 Å². The van der Waals surface area contributed by atoms with Gasteiger partial charge in [0.1, 0.15) is 12.4 Å². The van der Waals surface area contributed by atoms with E-state index in [1.54, 1.807) is 30.3 Å². The van der Waals surface area contributed by atoms with Crippen molar-refractivity contribution >= 4 is 38.4 Å². The van der Waals surface area contributed by atoms with Crippen LogP contribution in [-0.4, -0.2) is 21.8 Å². The first-order valence-electron chi connectivity index (χ1n) is 12.4. The number of rotatable bonds is 7. The summed E-state index contributed by atoms with van der Waals surface area (Å²) in [5.41, 5.74) is 4.46. The second kappa shape index (κ2) is 9.89. The van der Waals surface area contributed by atoms with E-state index in [1.165, 1.54) is 28.6 Å². The third-order valence-corrected chi connectivity index (χ3v) is 7.67. The zero-order valence-corrected chi connectivity index (χ0v) is 22.1. The Morgan fingerprint density at radius 1 is 1.05 bits per heavy atom. The Bertz CT molecular complexity index is 1720. The van der Waals surface area contributed by atoms with Gasteiger partial charge in [-0.2, -0.15) is 0 Å². The van der Waals surface area contributed by atoms with E-state index in [0.29, 0.717) is 23.1 Å². The molecule has 2 aromatic heterocycles. The Morgan fingerprint density at radius 2 is 1.82 bits per heavy atom. The predicted molar refractivity (Wildman–Crippen MR) is 149 cm³/mol. The number of ketones is 1. The van der Waals surface area contributed by atoms with Gasteiger partial charge in [0.2, 0.25) is 5.78 Å². The van der Waals surface area contributed by atoms with Gasteiger partial charge < -0.3 is 14.3 Å². The highest BCUT2D eigenvalue weighted by Gasteiger charge is 2.46. The molecule has 0 saturated carbocycles. The maximum Gasteiger partial charge on any atom is 0.296 e. The molecule has 0 saturated heterocycles. The summed E-state index contributed by atoms with van der Waals surface area (Å²) in [6, 6.07) is 23.2. The number of aliphatic hydroxyl groups is 1. The largest absolute Gasteiger partial charge is 0.503 e. The number of aromatic nitrogens is 1. The van der Waals surface area contributed by atoms with E-state index < -0.39 is 23.5 Å². The van der Waals surface area contributed by atoms with Crippen LogP contribution in [0.1, 0.15) is 38.9 Å². The Balaban J connectivity index is 1.40. The molecule has 39 heavy (non-hydrogen) atoms. The Morgan fingerprint density at radius 3 is 2.54 bits per heavy atom. The first-order valence-corrected chi connectivity index (χ1v) is 13.2. The average Bonchev–Trinajstić information content (AvgIpc) is 3.67. The van der Waals surface area contributed by atoms with Gasteiger partial charge in [0.25, 0.3) is 5.91 Å². The lowest BCUT2D eigenvalue weighted by Crippen LogP contribution is -2.30. The number of Topliss-reactive ketones (excluding diaryl/α,β-unsaturated/α-hetero) is 1. The Hall–Kier alpha value is -4.69. The number of hydrogen-bond acceptors (Lipinski definition) is 7. The van der Waals surface area contributed by atoms with Crippen molar-refractivity contribution in [2.24, 2.45) is 0 Å². The summed E-state index contributed by atoms with van der Waals surface area (Å²) in [6.07, 6.45) is 1.38. The van der Waals surface area contributed by atoms with Crippen LogP contribution in [0.15, 0.2) is 101 Å². The molecular formula is C31H24N2O5S. The van der Waals surface area contributed by atoms with E-state index in [0.717, 1.165) is 26.9 Å². The van der Waals surface area contributed by atoms with Gasteiger partial charge in [0.15, 0.2) is 16.7 Å². The molecule has 1 aliphatic rings. The summed E-state index contributed by atoms with van der Waals surface area (Å²) in [7, 11) is 0. The molecule has 1 aliphatic heterocycles. The highest BCUT2D eigenvalue weighted by molar-refractivity contribution is 7.22. The van der Waals surface area contributed by atoms with E-state index in [-0.39, 0.29) is 11.3 Å². The number of carbonyl (C=O) groups excluding carboxylic acids is 2. The molecule has 6 rings (SSSR count). The molecule has 1 amide bonds. The molecule has 0 bridgehead atoms. The number of benzene rings is 3. The first-order chi connectivity index (χ1) is 18.9. The standard InChI is InChI=1S/C31H24N2O5S/c1-18-15-19(2)26-24(16-18)39-31(32-26)33-27(25(29(35)30(33)36)28(34)23-9-6-14-37-23)21-10-12-22(13-11-21)38-17-20-7-4-3-5-8-20/h3-16,27,35H,17H2,1-2H3. The summed E-state index contributed by atoms with van der Waals surface area (Å²) in [5, 5.41) is 11.4. The molecule has 1 unspecified atom stereocenters. The molecular weight excluding hydrogens is 512 g/mol. The van der Waals surface area contributed by atoms with Gasteiger partial charge in [-0.1, -0.05) is 59.9 Å². The van der Waals surface area contributed by atoms with Gasteiger partial charge in [0.05, 0.1) is 28.1 Å². The summed E-state index contributed by atoms with van der Waals surface area (Å²) in [5.74, 6) is -1.19. The van der Waals surface area contributed by atoms with Gasteiger partial charge in [0, 0.05) is 0 Å². The number of nitrogens with zero attached hydrogens (tertiary/aromatic N) is 2. The van der Waals surface area contributed by atoms with Gasteiger partial charge in [-0.3, -0.25) is 14.5 Å². The van der Waals surface area contributed by atoms with Gasteiger partial charge in [-0.05, 0) is 66.4 Å². The van der Waals surface area contributed by atoms with Crippen molar-refractivity contribution in [1.29, 1.82) is 0 Å². The molecule has 1 atom stereocenters. The minimum Gasteiger partial charge on any atom is -0.503 e. The number of thiazole rings is 1. The van der Waals surface area contributed by atoms with Crippen LogP contribution in [0, 0.1) is 13.8 Å². The van der Waals surface area contributed by atoms with Crippen LogP contribution in [0.3, 0.4) is 0 Å². The fourth-order valence-electron chi connectivity index (χ4n) is 4.84. The van der Waals surface area contributed by atoms with Crippen LogP contribution in [-0.2, 0) is 11.4 Å². The third-order valence-electron chi connectivity index (χ3n) is 6.67. The number of furan rings is 1. The molecule has 0 spiro atoms. The zero-order chi connectivity index (χ0) is 27.1. The van der Waals surface area contributed by atoms with Crippen molar-refractivity contribution in [2.75, 3.05) is 4.90 Å². The second-order valence-corrected chi connectivity index (χ2v) is 10.4. The fourth-order valence-corrected chi connectivity index (χ4v) is 6.01. The predicted octanol–water partition coefficient (Wildman–Crippen LogP) is 6.87. The van der Waals surface area contributed by atoms with Gasteiger partial charge in [-0.15, -0.1) is 0 Å². The summed E-state index contributed by atoms with van der Waals surface area (Å²) >= 11 is 1.34. The molecule has 0 fully saturated rings. The topological polar surface area (TPSA) is 92.9 Å². The average molecular weight is 537 g/mol. The van der Waals surface area contributed by atoms with Crippen molar-refractivity contribution in [2.45, 2.75) is 26.5 Å². The van der Waals surface area contributed by atoms with E-state index in [4.69, 9.17) is 14.1 Å². The Labute approximate surface area is 228 Å². The lowest BCUT2D eigenvalue weighted by molar-refractivity contribution is -0.117. The van der Waals surface area contributed by atoms with Crippen molar-refractivity contribution in [3.63, 3.8) is 0 Å². The minimum atomic E-state index is -0.903. The number of aliphatic hydroxyl groups excluding tert-OH is 1. The van der Waals surface area contributed by atoms with Crippen LogP contribution in [0.5, 0.6) is 5.75 Å². The van der Waals surface area contributed by atoms with Crippen molar-refractivity contribution in [3.8, 4) is 5.75 Å². The Kier molecular flexibility index (Phi) is 6.24. The van der Waals surface area contributed by atoms with E-state index in [2.05, 4.69) is 0 Å². The van der Waals surface area contributed by atoms with Gasteiger partial charge in [-0.25, -0.2) is 4.98 Å². The van der Waals surface area contributed by atoms with Crippen molar-refractivity contribution in [3.05, 3.63) is 124 Å². The monoisotopic (exact) mass is 536 g/mol. The van der Waals surface area contributed by atoms with Crippen molar-refractivity contribution in [1.82, 2.24) is 4.98 Å². The fraction of sp³-hybridized carbons (Fsp3) is 0.129. The van der Waals surface area contributed by atoms with Crippen molar-refractivity contribution < 1.29 is 23.8 Å². The van der Waals surface area contributed by atoms with Crippen LogP contribution in [0.2, 0.25) is 0 Å². The maximum atomic E-state index is 13.5. The number of aryl methyl sites for hydroxylation is 2. The molecule has 0 radical (unpaired) electrons.